The van der Waals surface area contributed by atoms with E-state index in [0.717, 1.165) is 5.56 Å². The number of nitrogens with two attached hydrogens (primary N) is 1. The third-order valence-electron chi connectivity index (χ3n) is 2.85. The molecule has 1 rings (SSSR count). The second-order valence-electron chi connectivity index (χ2n) is 4.44. The molecule has 2 N–H and O–H groups in total. The van der Waals surface area contributed by atoms with Crippen LogP contribution >= 0.6 is 0 Å². The Hall–Kier alpha value is -1.35. The van der Waals surface area contributed by atoms with Crippen molar-refractivity contribution in [2.75, 3.05) is 6.61 Å². The van der Waals surface area contributed by atoms with Crippen molar-refractivity contribution < 1.29 is 9.53 Å². The number of aryl methyl sites for hydroxylation is 3. The number of hydrogen-bond acceptors (Lipinski definition) is 3. The molecule has 0 fully saturated rings. The Labute approximate surface area is 103 Å². The summed E-state index contributed by atoms with van der Waals surface area (Å²) in [7, 11) is 0. The van der Waals surface area contributed by atoms with Gasteiger partial charge in [0, 0.05) is 0 Å². The standard InChI is InChI=1S/C14H21NO2/c1-5-17-14(16)13(15)8-12-10(3)6-9(2)7-11(12)4/h6-7,13H,5,8,15H2,1-4H3. The molecule has 0 aliphatic rings. The van der Waals surface area contributed by atoms with Gasteiger partial charge in [-0.1, -0.05) is 17.7 Å². The maximum absolute atomic E-state index is 11.5. The minimum Gasteiger partial charge on any atom is -0.465 e. The Balaban J connectivity index is 2.85. The van der Waals surface area contributed by atoms with Crippen molar-refractivity contribution in [2.24, 2.45) is 5.73 Å². The fourth-order valence-corrected chi connectivity index (χ4v) is 2.08. The molecule has 0 heterocycles. The summed E-state index contributed by atoms with van der Waals surface area (Å²) in [4.78, 5) is 11.5. The highest BCUT2D eigenvalue weighted by molar-refractivity contribution is 5.76. The van der Waals surface area contributed by atoms with Crippen LogP contribution < -0.4 is 5.73 Å². The van der Waals surface area contributed by atoms with Gasteiger partial charge in [-0.25, -0.2) is 0 Å². The van der Waals surface area contributed by atoms with Crippen molar-refractivity contribution in [2.45, 2.75) is 40.2 Å². The lowest BCUT2D eigenvalue weighted by atomic mass is 9.95. The Kier molecular flexibility index (Phi) is 4.70. The maximum Gasteiger partial charge on any atom is 0.323 e. The molecular weight excluding hydrogens is 214 g/mol. The van der Waals surface area contributed by atoms with Crippen molar-refractivity contribution in [3.05, 3.63) is 34.4 Å². The van der Waals surface area contributed by atoms with Gasteiger partial charge in [0.1, 0.15) is 6.04 Å². The van der Waals surface area contributed by atoms with Gasteiger partial charge in [-0.3, -0.25) is 4.79 Å². The van der Waals surface area contributed by atoms with Crippen molar-refractivity contribution in [1.29, 1.82) is 0 Å². The lowest BCUT2D eigenvalue weighted by Gasteiger charge is -2.15. The highest BCUT2D eigenvalue weighted by Crippen LogP contribution is 2.18. The highest BCUT2D eigenvalue weighted by Gasteiger charge is 2.17. The van der Waals surface area contributed by atoms with E-state index in [9.17, 15) is 4.79 Å². The van der Waals surface area contributed by atoms with Gasteiger partial charge in [0.2, 0.25) is 0 Å². The zero-order valence-corrected chi connectivity index (χ0v) is 11.0. The Morgan fingerprint density at radius 1 is 1.29 bits per heavy atom. The van der Waals surface area contributed by atoms with Gasteiger partial charge in [-0.2, -0.15) is 0 Å². The second-order valence-corrected chi connectivity index (χ2v) is 4.44. The van der Waals surface area contributed by atoms with Gasteiger partial charge >= 0.3 is 5.97 Å². The van der Waals surface area contributed by atoms with E-state index in [2.05, 4.69) is 19.1 Å². The number of carbonyl (C=O) groups excluding carboxylic acids is 1. The van der Waals surface area contributed by atoms with Crippen LogP contribution in [0.25, 0.3) is 0 Å². The monoisotopic (exact) mass is 235 g/mol. The molecule has 0 aromatic heterocycles. The number of carbonyl (C=O) groups is 1. The second kappa shape index (κ2) is 5.82. The average Bonchev–Trinajstić information content (AvgIpc) is 2.23. The van der Waals surface area contributed by atoms with Crippen LogP contribution in [0.2, 0.25) is 0 Å². The van der Waals surface area contributed by atoms with Crippen LogP contribution in [0.1, 0.15) is 29.2 Å². The summed E-state index contributed by atoms with van der Waals surface area (Å²) in [5.41, 5.74) is 10.6. The van der Waals surface area contributed by atoms with E-state index in [4.69, 9.17) is 10.5 Å². The van der Waals surface area contributed by atoms with E-state index in [1.165, 1.54) is 16.7 Å². The van der Waals surface area contributed by atoms with Crippen LogP contribution in [-0.2, 0) is 16.0 Å². The predicted octanol–water partition coefficient (Wildman–Crippen LogP) is 2.04. The molecular formula is C14H21NO2. The number of esters is 1. The largest absolute Gasteiger partial charge is 0.465 e. The quantitative estimate of drug-likeness (QED) is 0.813. The van der Waals surface area contributed by atoms with Gasteiger partial charge in [0.05, 0.1) is 6.61 Å². The summed E-state index contributed by atoms with van der Waals surface area (Å²) in [6.45, 7) is 8.32. The third-order valence-corrected chi connectivity index (χ3v) is 2.85. The molecule has 94 valence electrons. The van der Waals surface area contributed by atoms with Crippen LogP contribution in [0.5, 0.6) is 0 Å². The van der Waals surface area contributed by atoms with Crippen molar-refractivity contribution in [1.82, 2.24) is 0 Å². The Morgan fingerprint density at radius 2 is 1.82 bits per heavy atom. The smallest absolute Gasteiger partial charge is 0.323 e. The summed E-state index contributed by atoms with van der Waals surface area (Å²) in [6.07, 6.45) is 0.538. The van der Waals surface area contributed by atoms with E-state index in [-0.39, 0.29) is 5.97 Å². The zero-order chi connectivity index (χ0) is 13.0. The first-order valence-corrected chi connectivity index (χ1v) is 5.94. The summed E-state index contributed by atoms with van der Waals surface area (Å²) in [5.74, 6) is -0.327. The molecule has 0 aliphatic heterocycles. The van der Waals surface area contributed by atoms with Crippen LogP contribution in [0, 0.1) is 20.8 Å². The molecule has 3 nitrogen and oxygen atoms in total. The van der Waals surface area contributed by atoms with Gasteiger partial charge in [-0.05, 0) is 50.8 Å². The average molecular weight is 235 g/mol. The lowest BCUT2D eigenvalue weighted by molar-refractivity contribution is -0.144. The molecule has 1 unspecified atom stereocenters. The van der Waals surface area contributed by atoms with Crippen LogP contribution in [-0.4, -0.2) is 18.6 Å². The third kappa shape index (κ3) is 3.56. The topological polar surface area (TPSA) is 52.3 Å². The minimum atomic E-state index is -0.574. The first kappa shape index (κ1) is 13.7. The van der Waals surface area contributed by atoms with Crippen molar-refractivity contribution in [3.8, 4) is 0 Å². The number of ether oxygens (including phenoxy) is 1. The van der Waals surface area contributed by atoms with Gasteiger partial charge in [-0.15, -0.1) is 0 Å². The van der Waals surface area contributed by atoms with Gasteiger partial charge in [0.15, 0.2) is 0 Å². The fourth-order valence-electron chi connectivity index (χ4n) is 2.08. The molecule has 0 saturated carbocycles. The van der Waals surface area contributed by atoms with Crippen LogP contribution in [0.3, 0.4) is 0 Å². The molecule has 1 aromatic carbocycles. The van der Waals surface area contributed by atoms with E-state index in [1.54, 1.807) is 6.92 Å². The zero-order valence-electron chi connectivity index (χ0n) is 11.0. The molecule has 0 amide bonds. The van der Waals surface area contributed by atoms with Gasteiger partial charge in [0.25, 0.3) is 0 Å². The first-order chi connectivity index (χ1) is 7.95. The number of benzene rings is 1. The van der Waals surface area contributed by atoms with E-state index in [0.29, 0.717) is 13.0 Å². The Bertz CT molecular complexity index is 390. The molecule has 3 heteroatoms. The molecule has 0 aliphatic carbocycles. The van der Waals surface area contributed by atoms with Crippen LogP contribution in [0.4, 0.5) is 0 Å². The normalized spacial score (nSPS) is 12.3. The first-order valence-electron chi connectivity index (χ1n) is 5.94. The molecule has 0 radical (unpaired) electrons. The molecule has 1 aromatic rings. The van der Waals surface area contributed by atoms with Crippen molar-refractivity contribution in [3.63, 3.8) is 0 Å². The molecule has 0 spiro atoms. The van der Waals surface area contributed by atoms with Crippen LogP contribution in [0.15, 0.2) is 12.1 Å². The summed E-state index contributed by atoms with van der Waals surface area (Å²) >= 11 is 0. The lowest BCUT2D eigenvalue weighted by Crippen LogP contribution is -2.34. The molecule has 17 heavy (non-hydrogen) atoms. The minimum absolute atomic E-state index is 0.327. The fraction of sp³-hybridized carbons (Fsp3) is 0.500. The molecule has 0 saturated heterocycles. The Morgan fingerprint density at radius 3 is 2.29 bits per heavy atom. The summed E-state index contributed by atoms with van der Waals surface area (Å²) in [6, 6.07) is 3.65. The predicted molar refractivity (Wildman–Crippen MR) is 69.0 cm³/mol. The SMILES string of the molecule is CCOC(=O)C(N)Cc1c(C)cc(C)cc1C. The van der Waals surface area contributed by atoms with E-state index < -0.39 is 6.04 Å². The summed E-state index contributed by atoms with van der Waals surface area (Å²) < 4.78 is 4.92. The van der Waals surface area contributed by atoms with E-state index in [1.807, 2.05) is 13.8 Å². The number of rotatable bonds is 4. The van der Waals surface area contributed by atoms with Gasteiger partial charge < -0.3 is 10.5 Å². The summed E-state index contributed by atoms with van der Waals surface area (Å²) in [5, 5.41) is 0. The molecule has 0 bridgehead atoms. The van der Waals surface area contributed by atoms with Crippen molar-refractivity contribution >= 4 is 5.97 Å². The maximum atomic E-state index is 11.5. The highest BCUT2D eigenvalue weighted by atomic mass is 16.5. The molecule has 1 atom stereocenters. The van der Waals surface area contributed by atoms with E-state index >= 15 is 0 Å². The number of hydrogen-bond donors (Lipinski definition) is 1.